The van der Waals surface area contributed by atoms with E-state index in [2.05, 4.69) is 9.88 Å². The number of rotatable bonds is 3. The zero-order chi connectivity index (χ0) is 16.4. The first-order chi connectivity index (χ1) is 11.8. The standard InChI is InChI=1S/C18H16ClN3O2/c19-13-5-1-4-8-16(13)24-18-17(22-9-11-23-12-10-22)20-14-6-2-3-7-15(14)21-18/h1-8H,9-12H2. The molecule has 1 aliphatic heterocycles. The van der Waals surface area contributed by atoms with Crippen LogP contribution in [-0.2, 0) is 4.74 Å². The molecule has 5 nitrogen and oxygen atoms in total. The number of nitrogens with zero attached hydrogens (tertiary/aromatic N) is 3. The average molecular weight is 342 g/mol. The van der Waals surface area contributed by atoms with Crippen LogP contribution in [0.4, 0.5) is 5.82 Å². The Morgan fingerprint density at radius 2 is 1.58 bits per heavy atom. The van der Waals surface area contributed by atoms with E-state index in [0.717, 1.165) is 29.9 Å². The van der Waals surface area contributed by atoms with Crippen molar-refractivity contribution >= 4 is 28.5 Å². The molecule has 6 heteroatoms. The van der Waals surface area contributed by atoms with E-state index in [1.165, 1.54) is 0 Å². The van der Waals surface area contributed by atoms with Crippen molar-refractivity contribution in [2.24, 2.45) is 0 Å². The molecule has 0 amide bonds. The van der Waals surface area contributed by atoms with Crippen LogP contribution >= 0.6 is 11.6 Å². The largest absolute Gasteiger partial charge is 0.434 e. The highest BCUT2D eigenvalue weighted by atomic mass is 35.5. The van der Waals surface area contributed by atoms with Gasteiger partial charge in [-0.25, -0.2) is 9.97 Å². The minimum Gasteiger partial charge on any atom is -0.434 e. The van der Waals surface area contributed by atoms with Gasteiger partial charge in [0.25, 0.3) is 5.88 Å². The lowest BCUT2D eigenvalue weighted by atomic mass is 10.3. The Hall–Kier alpha value is -2.37. The van der Waals surface area contributed by atoms with Gasteiger partial charge in [0.05, 0.1) is 29.3 Å². The molecule has 0 bridgehead atoms. The van der Waals surface area contributed by atoms with E-state index in [0.29, 0.717) is 29.9 Å². The number of ether oxygens (including phenoxy) is 2. The van der Waals surface area contributed by atoms with Gasteiger partial charge in [0.1, 0.15) is 5.75 Å². The third-order valence-corrected chi connectivity index (χ3v) is 4.19. The van der Waals surface area contributed by atoms with Crippen LogP contribution in [-0.4, -0.2) is 36.3 Å². The topological polar surface area (TPSA) is 47.5 Å². The molecule has 1 aromatic heterocycles. The number of hydrogen-bond donors (Lipinski definition) is 0. The molecule has 1 saturated heterocycles. The lowest BCUT2D eigenvalue weighted by molar-refractivity contribution is 0.122. The quantitative estimate of drug-likeness (QED) is 0.722. The van der Waals surface area contributed by atoms with Crippen molar-refractivity contribution < 1.29 is 9.47 Å². The Labute approximate surface area is 144 Å². The summed E-state index contributed by atoms with van der Waals surface area (Å²) in [6.45, 7) is 2.85. The van der Waals surface area contributed by atoms with Crippen LogP contribution in [0.25, 0.3) is 11.0 Å². The number of halogens is 1. The maximum absolute atomic E-state index is 6.22. The zero-order valence-corrected chi connectivity index (χ0v) is 13.7. The van der Waals surface area contributed by atoms with E-state index in [1.807, 2.05) is 42.5 Å². The smallest absolute Gasteiger partial charge is 0.263 e. The van der Waals surface area contributed by atoms with Crippen molar-refractivity contribution in [1.29, 1.82) is 0 Å². The number of benzene rings is 2. The van der Waals surface area contributed by atoms with Gasteiger partial charge in [0, 0.05) is 13.1 Å². The fourth-order valence-corrected chi connectivity index (χ4v) is 2.83. The molecule has 3 aromatic rings. The predicted molar refractivity (Wildman–Crippen MR) is 94.1 cm³/mol. The zero-order valence-electron chi connectivity index (χ0n) is 13.0. The summed E-state index contributed by atoms with van der Waals surface area (Å²) in [4.78, 5) is 11.6. The molecule has 0 atom stereocenters. The molecule has 0 spiro atoms. The van der Waals surface area contributed by atoms with Gasteiger partial charge < -0.3 is 14.4 Å². The molecule has 0 radical (unpaired) electrons. The average Bonchev–Trinajstić information content (AvgIpc) is 2.64. The summed E-state index contributed by atoms with van der Waals surface area (Å²) in [7, 11) is 0. The monoisotopic (exact) mass is 341 g/mol. The third-order valence-electron chi connectivity index (χ3n) is 3.88. The Kier molecular flexibility index (Phi) is 4.19. The summed E-state index contributed by atoms with van der Waals surface area (Å²) < 4.78 is 11.4. The van der Waals surface area contributed by atoms with Crippen LogP contribution in [0.15, 0.2) is 48.5 Å². The minimum atomic E-state index is 0.462. The lowest BCUT2D eigenvalue weighted by Gasteiger charge is -2.28. The van der Waals surface area contributed by atoms with Crippen LogP contribution in [0.1, 0.15) is 0 Å². The van der Waals surface area contributed by atoms with Gasteiger partial charge in [-0.05, 0) is 24.3 Å². The van der Waals surface area contributed by atoms with Gasteiger partial charge in [0.2, 0.25) is 0 Å². The summed E-state index contributed by atoms with van der Waals surface area (Å²) in [5.74, 6) is 1.75. The van der Waals surface area contributed by atoms with Crippen molar-refractivity contribution in [3.63, 3.8) is 0 Å². The van der Waals surface area contributed by atoms with Gasteiger partial charge in [0.15, 0.2) is 5.82 Å². The summed E-state index contributed by atoms with van der Waals surface area (Å²) in [6.07, 6.45) is 0. The third kappa shape index (κ3) is 3.00. The minimum absolute atomic E-state index is 0.462. The first kappa shape index (κ1) is 15.2. The highest BCUT2D eigenvalue weighted by Crippen LogP contribution is 2.34. The first-order valence-electron chi connectivity index (χ1n) is 7.83. The summed E-state index contributed by atoms with van der Waals surface area (Å²) in [5, 5.41) is 0.542. The molecule has 122 valence electrons. The Morgan fingerprint density at radius 3 is 2.33 bits per heavy atom. The van der Waals surface area contributed by atoms with E-state index in [9.17, 15) is 0 Å². The number of para-hydroxylation sites is 3. The van der Waals surface area contributed by atoms with Gasteiger partial charge in [-0.1, -0.05) is 35.9 Å². The summed E-state index contributed by atoms with van der Waals surface area (Å²) in [6, 6.07) is 15.1. The van der Waals surface area contributed by atoms with Crippen molar-refractivity contribution in [3.05, 3.63) is 53.6 Å². The number of hydrogen-bond acceptors (Lipinski definition) is 5. The number of morpholine rings is 1. The van der Waals surface area contributed by atoms with Crippen molar-refractivity contribution in [2.75, 3.05) is 31.2 Å². The van der Waals surface area contributed by atoms with E-state index in [1.54, 1.807) is 6.07 Å². The molecule has 1 fully saturated rings. The second-order valence-corrected chi connectivity index (χ2v) is 5.88. The van der Waals surface area contributed by atoms with Crippen LogP contribution < -0.4 is 9.64 Å². The van der Waals surface area contributed by atoms with Crippen LogP contribution in [0.2, 0.25) is 5.02 Å². The van der Waals surface area contributed by atoms with Crippen molar-refractivity contribution in [3.8, 4) is 11.6 Å². The molecule has 0 N–H and O–H groups in total. The van der Waals surface area contributed by atoms with Crippen molar-refractivity contribution in [1.82, 2.24) is 9.97 Å². The molecule has 24 heavy (non-hydrogen) atoms. The Balaban J connectivity index is 1.80. The second-order valence-electron chi connectivity index (χ2n) is 5.47. The Morgan fingerprint density at radius 1 is 0.917 bits per heavy atom. The normalized spacial score (nSPS) is 14.8. The number of aromatic nitrogens is 2. The van der Waals surface area contributed by atoms with Gasteiger partial charge in [-0.2, -0.15) is 0 Å². The molecule has 0 saturated carbocycles. The highest BCUT2D eigenvalue weighted by Gasteiger charge is 2.20. The maximum Gasteiger partial charge on any atom is 0.263 e. The Bertz CT molecular complexity index is 866. The molecule has 1 aliphatic rings. The highest BCUT2D eigenvalue weighted by molar-refractivity contribution is 6.32. The van der Waals surface area contributed by atoms with Crippen LogP contribution in [0.5, 0.6) is 11.6 Å². The summed E-state index contributed by atoms with van der Waals surface area (Å²) >= 11 is 6.22. The molecule has 4 rings (SSSR count). The summed E-state index contributed by atoms with van der Waals surface area (Å²) in [5.41, 5.74) is 1.63. The van der Waals surface area contributed by atoms with E-state index in [4.69, 9.17) is 26.1 Å². The van der Waals surface area contributed by atoms with Gasteiger partial charge in [-0.15, -0.1) is 0 Å². The van der Waals surface area contributed by atoms with Crippen molar-refractivity contribution in [2.45, 2.75) is 0 Å². The van der Waals surface area contributed by atoms with Gasteiger partial charge in [-0.3, -0.25) is 0 Å². The van der Waals surface area contributed by atoms with Crippen LogP contribution in [0.3, 0.4) is 0 Å². The SMILES string of the molecule is Clc1ccccc1Oc1nc2ccccc2nc1N1CCOCC1. The molecular weight excluding hydrogens is 326 g/mol. The van der Waals surface area contributed by atoms with E-state index in [-0.39, 0.29) is 0 Å². The fraction of sp³-hybridized carbons (Fsp3) is 0.222. The molecule has 0 unspecified atom stereocenters. The molecular formula is C18H16ClN3O2. The fourth-order valence-electron chi connectivity index (χ4n) is 2.66. The predicted octanol–water partition coefficient (Wildman–Crippen LogP) is 3.91. The van der Waals surface area contributed by atoms with Gasteiger partial charge >= 0.3 is 0 Å². The number of fused-ring (bicyclic) bond motifs is 1. The number of anilines is 1. The van der Waals surface area contributed by atoms with E-state index < -0.39 is 0 Å². The van der Waals surface area contributed by atoms with Crippen LogP contribution in [0, 0.1) is 0 Å². The molecule has 2 heterocycles. The molecule has 0 aliphatic carbocycles. The first-order valence-corrected chi connectivity index (χ1v) is 8.21. The maximum atomic E-state index is 6.22. The lowest BCUT2D eigenvalue weighted by Crippen LogP contribution is -2.37. The second kappa shape index (κ2) is 6.63. The molecule has 2 aromatic carbocycles. The van der Waals surface area contributed by atoms with E-state index >= 15 is 0 Å².